The fourth-order valence-corrected chi connectivity index (χ4v) is 3.53. The molecule has 7 nitrogen and oxygen atoms in total. The zero-order valence-corrected chi connectivity index (χ0v) is 18.0. The highest BCUT2D eigenvalue weighted by Gasteiger charge is 2.33. The van der Waals surface area contributed by atoms with Crippen LogP contribution >= 0.6 is 11.6 Å². The summed E-state index contributed by atoms with van der Waals surface area (Å²) in [4.78, 5) is 30.9. The number of rotatable bonds is 7. The van der Waals surface area contributed by atoms with Gasteiger partial charge in [0.15, 0.2) is 12.3 Å². The van der Waals surface area contributed by atoms with Crippen LogP contribution in [0.5, 0.6) is 5.75 Å². The van der Waals surface area contributed by atoms with Crippen molar-refractivity contribution >= 4 is 23.4 Å². The smallest absolute Gasteiger partial charge is 0.434 e. The number of nitrogens with one attached hydrogen (secondary N) is 2. The molecule has 2 aromatic rings. The Hall–Kier alpha value is -2.95. The fraction of sp³-hybridized carbons (Fsp3) is 0.429. The first-order valence-corrected chi connectivity index (χ1v) is 10.5. The van der Waals surface area contributed by atoms with Gasteiger partial charge in [-0.1, -0.05) is 11.6 Å². The molecular weight excluding hydrogens is 468 g/mol. The molecule has 0 unspecified atom stereocenters. The lowest BCUT2D eigenvalue weighted by Crippen LogP contribution is -2.41. The van der Waals surface area contributed by atoms with Gasteiger partial charge in [0, 0.05) is 18.7 Å². The van der Waals surface area contributed by atoms with Crippen molar-refractivity contribution in [3.05, 3.63) is 52.8 Å². The van der Waals surface area contributed by atoms with Gasteiger partial charge in [-0.15, -0.1) is 0 Å². The minimum absolute atomic E-state index is 0.0351. The molecule has 33 heavy (non-hydrogen) atoms. The largest absolute Gasteiger partial charge is 0.484 e. The molecule has 0 atom stereocenters. The number of hydrogen-bond acceptors (Lipinski definition) is 5. The highest BCUT2D eigenvalue weighted by atomic mass is 35.5. The maximum absolute atomic E-state index is 13.4. The predicted octanol–water partition coefficient (Wildman–Crippen LogP) is 3.77. The van der Waals surface area contributed by atoms with Crippen molar-refractivity contribution in [3.63, 3.8) is 0 Å². The highest BCUT2D eigenvalue weighted by molar-refractivity contribution is 6.30. The van der Waals surface area contributed by atoms with Crippen molar-refractivity contribution < 1.29 is 31.9 Å². The van der Waals surface area contributed by atoms with E-state index in [1.54, 1.807) is 0 Å². The second kappa shape index (κ2) is 10.8. The third-order valence-electron chi connectivity index (χ3n) is 5.20. The summed E-state index contributed by atoms with van der Waals surface area (Å²) in [6.45, 7) is 0.0820. The van der Waals surface area contributed by atoms with E-state index in [1.807, 2.05) is 0 Å². The van der Waals surface area contributed by atoms with Crippen LogP contribution in [-0.2, 0) is 11.0 Å². The fourth-order valence-electron chi connectivity index (χ4n) is 3.42. The second-order valence-electron chi connectivity index (χ2n) is 7.64. The summed E-state index contributed by atoms with van der Waals surface area (Å²) in [5.74, 6) is -1.20. The van der Waals surface area contributed by atoms with Crippen molar-refractivity contribution in [2.24, 2.45) is 5.92 Å². The van der Waals surface area contributed by atoms with Gasteiger partial charge in [0.1, 0.15) is 17.3 Å². The monoisotopic (exact) mass is 488 g/mol. The lowest BCUT2D eigenvalue weighted by molar-refractivity contribution is -0.141. The standard InChI is InChI=1S/C21H21ClF4N4O3/c22-15-6-5-14(7-16(15)23)33-11-19(31)30-13-3-1-12(2-4-13)8-29-20(32)17-9-28-18(10-27-17)21(24,25)26/h5-7,9-10,12-13H,1-4,8,11H2,(H,29,32)(H,30,31). The molecule has 1 aromatic heterocycles. The molecule has 178 valence electrons. The highest BCUT2D eigenvalue weighted by Crippen LogP contribution is 2.27. The molecule has 0 aliphatic heterocycles. The van der Waals surface area contributed by atoms with Crippen LogP contribution in [0.25, 0.3) is 0 Å². The minimum atomic E-state index is -4.62. The molecule has 1 fully saturated rings. The molecule has 1 saturated carbocycles. The van der Waals surface area contributed by atoms with Crippen LogP contribution in [0.1, 0.15) is 41.9 Å². The molecule has 2 N–H and O–H groups in total. The van der Waals surface area contributed by atoms with Gasteiger partial charge in [0.05, 0.1) is 17.4 Å². The molecule has 0 saturated heterocycles. The van der Waals surface area contributed by atoms with Crippen molar-refractivity contribution in [1.82, 2.24) is 20.6 Å². The molecule has 0 radical (unpaired) electrons. The number of aromatic nitrogens is 2. The Bertz CT molecular complexity index is 980. The molecule has 0 bridgehead atoms. The number of benzene rings is 1. The van der Waals surface area contributed by atoms with Gasteiger partial charge in [0.2, 0.25) is 0 Å². The number of hydrogen-bond donors (Lipinski definition) is 2. The topological polar surface area (TPSA) is 93.2 Å². The van der Waals surface area contributed by atoms with Crippen LogP contribution in [-0.4, -0.2) is 41.0 Å². The average molecular weight is 489 g/mol. The third-order valence-corrected chi connectivity index (χ3v) is 5.51. The Morgan fingerprint density at radius 1 is 1.12 bits per heavy atom. The van der Waals surface area contributed by atoms with Gasteiger partial charge in [0.25, 0.3) is 11.8 Å². The van der Waals surface area contributed by atoms with Crippen molar-refractivity contribution in [2.75, 3.05) is 13.2 Å². The molecule has 1 aliphatic carbocycles. The van der Waals surface area contributed by atoms with Gasteiger partial charge in [-0.05, 0) is 43.7 Å². The van der Waals surface area contributed by atoms with Crippen LogP contribution in [0, 0.1) is 11.7 Å². The van der Waals surface area contributed by atoms with Crippen LogP contribution < -0.4 is 15.4 Å². The number of halogens is 5. The predicted molar refractivity (Wildman–Crippen MR) is 110 cm³/mol. The molecule has 12 heteroatoms. The lowest BCUT2D eigenvalue weighted by Gasteiger charge is -2.29. The van der Waals surface area contributed by atoms with E-state index in [2.05, 4.69) is 20.6 Å². The van der Waals surface area contributed by atoms with Crippen molar-refractivity contribution in [2.45, 2.75) is 37.9 Å². The van der Waals surface area contributed by atoms with Crippen LogP contribution in [0.3, 0.4) is 0 Å². The number of carbonyl (C=O) groups is 2. The van der Waals surface area contributed by atoms with Crippen molar-refractivity contribution in [3.8, 4) is 5.75 Å². The lowest BCUT2D eigenvalue weighted by atomic mass is 9.86. The summed E-state index contributed by atoms with van der Waals surface area (Å²) in [5, 5.41) is 5.49. The molecule has 1 heterocycles. The van der Waals surface area contributed by atoms with E-state index in [0.29, 0.717) is 25.6 Å². The normalized spacial score (nSPS) is 18.5. The van der Waals surface area contributed by atoms with Gasteiger partial charge in [-0.2, -0.15) is 13.2 Å². The van der Waals surface area contributed by atoms with Crippen molar-refractivity contribution in [1.29, 1.82) is 0 Å². The van der Waals surface area contributed by atoms with E-state index in [0.717, 1.165) is 25.1 Å². The number of amides is 2. The van der Waals surface area contributed by atoms with E-state index in [9.17, 15) is 27.2 Å². The van der Waals surface area contributed by atoms with Crippen LogP contribution in [0.4, 0.5) is 17.6 Å². The van der Waals surface area contributed by atoms with Crippen LogP contribution in [0.2, 0.25) is 5.02 Å². The quantitative estimate of drug-likeness (QED) is 0.579. The Morgan fingerprint density at radius 2 is 1.85 bits per heavy atom. The zero-order valence-electron chi connectivity index (χ0n) is 17.3. The Kier molecular flexibility index (Phi) is 8.06. The molecular formula is C21H21ClF4N4O3. The van der Waals surface area contributed by atoms with Crippen LogP contribution in [0.15, 0.2) is 30.6 Å². The Labute approximate surface area is 191 Å². The first-order chi connectivity index (χ1) is 15.6. The summed E-state index contributed by atoms with van der Waals surface area (Å²) in [6.07, 6.45) is -0.415. The summed E-state index contributed by atoms with van der Waals surface area (Å²) in [7, 11) is 0. The summed E-state index contributed by atoms with van der Waals surface area (Å²) < 4.78 is 56.2. The second-order valence-corrected chi connectivity index (χ2v) is 8.05. The van der Waals surface area contributed by atoms with Gasteiger partial charge in [-0.3, -0.25) is 9.59 Å². The third kappa shape index (κ3) is 7.28. The Morgan fingerprint density at radius 3 is 2.45 bits per heavy atom. The summed E-state index contributed by atoms with van der Waals surface area (Å²) >= 11 is 5.60. The van der Waals surface area contributed by atoms with E-state index >= 15 is 0 Å². The number of carbonyl (C=O) groups excluding carboxylic acids is 2. The average Bonchev–Trinajstić information content (AvgIpc) is 2.78. The maximum Gasteiger partial charge on any atom is 0.434 e. The van der Waals surface area contributed by atoms with Gasteiger partial charge >= 0.3 is 6.18 Å². The summed E-state index contributed by atoms with van der Waals surface area (Å²) in [5.41, 5.74) is -1.35. The first-order valence-electron chi connectivity index (χ1n) is 10.2. The molecule has 0 spiro atoms. The molecule has 3 rings (SSSR count). The van der Waals surface area contributed by atoms with E-state index < -0.39 is 23.6 Å². The van der Waals surface area contributed by atoms with E-state index in [-0.39, 0.29) is 40.9 Å². The van der Waals surface area contributed by atoms with Gasteiger partial charge in [-0.25, -0.2) is 14.4 Å². The molecule has 2 amide bonds. The molecule has 1 aliphatic rings. The van der Waals surface area contributed by atoms with E-state index in [1.165, 1.54) is 12.1 Å². The first kappa shape index (κ1) is 24.7. The maximum atomic E-state index is 13.4. The minimum Gasteiger partial charge on any atom is -0.484 e. The molecule has 1 aromatic carbocycles. The number of ether oxygens (including phenoxy) is 1. The SMILES string of the molecule is O=C(COc1ccc(Cl)c(F)c1)NC1CCC(CNC(=O)c2cnc(C(F)(F)F)cn2)CC1. The summed E-state index contributed by atoms with van der Waals surface area (Å²) in [6, 6.07) is 3.87. The Balaban J connectivity index is 1.36. The number of alkyl halides is 3. The zero-order chi connectivity index (χ0) is 24.0. The van der Waals surface area contributed by atoms with E-state index in [4.69, 9.17) is 16.3 Å². The van der Waals surface area contributed by atoms with Gasteiger partial charge < -0.3 is 15.4 Å². The number of nitrogens with zero attached hydrogens (tertiary/aromatic N) is 2.